The van der Waals surface area contributed by atoms with Crippen LogP contribution in [0.2, 0.25) is 0 Å². The molecule has 2 rings (SSSR count). The number of fused-ring (bicyclic) bond motifs is 1. The Kier molecular flexibility index (Phi) is 4.93. The second-order valence-corrected chi connectivity index (χ2v) is 4.99. The van der Waals surface area contributed by atoms with E-state index in [4.69, 9.17) is 5.11 Å². The average molecular weight is 261 g/mol. The van der Waals surface area contributed by atoms with E-state index in [1.807, 2.05) is 6.20 Å². The fraction of sp³-hybridized carbons (Fsp3) is 0.533. The molecule has 104 valence electrons. The standard InChI is InChI=1S/C15H23N3O/c1-3-4-7-17(9-10-19)12-14-11-16-15-13(2)6-5-8-18(14)15/h5-6,8,11,19H,3-4,7,9-10,12H2,1-2H3. The van der Waals surface area contributed by atoms with Gasteiger partial charge in [0.2, 0.25) is 0 Å². The molecule has 1 N–H and O–H groups in total. The van der Waals surface area contributed by atoms with Gasteiger partial charge < -0.3 is 9.51 Å². The smallest absolute Gasteiger partial charge is 0.139 e. The highest BCUT2D eigenvalue weighted by Gasteiger charge is 2.10. The highest BCUT2D eigenvalue weighted by Crippen LogP contribution is 2.13. The number of pyridine rings is 1. The molecule has 4 heteroatoms. The van der Waals surface area contributed by atoms with Crippen molar-refractivity contribution >= 4 is 5.65 Å². The molecule has 0 spiro atoms. The van der Waals surface area contributed by atoms with Crippen molar-refractivity contribution < 1.29 is 5.11 Å². The third-order valence-corrected chi connectivity index (χ3v) is 3.44. The first-order valence-corrected chi connectivity index (χ1v) is 7.01. The van der Waals surface area contributed by atoms with Crippen molar-refractivity contribution in [2.75, 3.05) is 19.7 Å². The molecule has 0 aromatic carbocycles. The van der Waals surface area contributed by atoms with E-state index in [0.29, 0.717) is 0 Å². The van der Waals surface area contributed by atoms with Crippen LogP contribution in [0.25, 0.3) is 5.65 Å². The molecule has 0 unspecified atom stereocenters. The monoisotopic (exact) mass is 261 g/mol. The Hall–Kier alpha value is -1.39. The largest absolute Gasteiger partial charge is 0.395 e. The predicted molar refractivity (Wildman–Crippen MR) is 77.2 cm³/mol. The molecule has 2 heterocycles. The molecule has 0 bridgehead atoms. The van der Waals surface area contributed by atoms with Crippen LogP contribution in [0.1, 0.15) is 31.0 Å². The number of aryl methyl sites for hydroxylation is 1. The van der Waals surface area contributed by atoms with E-state index in [-0.39, 0.29) is 6.61 Å². The van der Waals surface area contributed by atoms with E-state index in [1.54, 1.807) is 0 Å². The first-order valence-electron chi connectivity index (χ1n) is 7.01. The number of aliphatic hydroxyl groups excluding tert-OH is 1. The van der Waals surface area contributed by atoms with Crippen molar-refractivity contribution in [1.29, 1.82) is 0 Å². The van der Waals surface area contributed by atoms with Gasteiger partial charge in [0.1, 0.15) is 5.65 Å². The van der Waals surface area contributed by atoms with E-state index in [1.165, 1.54) is 17.7 Å². The number of hydrogen-bond donors (Lipinski definition) is 1. The molecule has 0 atom stereocenters. The number of aromatic nitrogens is 2. The minimum atomic E-state index is 0.208. The predicted octanol–water partition coefficient (Wildman–Crippen LogP) is 2.24. The summed E-state index contributed by atoms with van der Waals surface area (Å²) in [5.74, 6) is 0. The fourth-order valence-electron chi connectivity index (χ4n) is 2.34. The zero-order valence-electron chi connectivity index (χ0n) is 11.8. The molecule has 0 radical (unpaired) electrons. The second-order valence-electron chi connectivity index (χ2n) is 4.99. The van der Waals surface area contributed by atoms with Crippen molar-refractivity contribution in [3.8, 4) is 0 Å². The van der Waals surface area contributed by atoms with Gasteiger partial charge in [-0.05, 0) is 31.5 Å². The van der Waals surface area contributed by atoms with Crippen molar-refractivity contribution in [1.82, 2.24) is 14.3 Å². The van der Waals surface area contributed by atoms with Crippen molar-refractivity contribution in [3.05, 3.63) is 35.8 Å². The lowest BCUT2D eigenvalue weighted by atomic mass is 10.3. The summed E-state index contributed by atoms with van der Waals surface area (Å²) in [5, 5.41) is 9.16. The van der Waals surface area contributed by atoms with Crippen LogP contribution in [0.3, 0.4) is 0 Å². The molecule has 0 amide bonds. The van der Waals surface area contributed by atoms with Crippen LogP contribution in [-0.4, -0.2) is 39.1 Å². The highest BCUT2D eigenvalue weighted by molar-refractivity contribution is 5.48. The Labute approximate surface area is 114 Å². The quantitative estimate of drug-likeness (QED) is 0.831. The van der Waals surface area contributed by atoms with Gasteiger partial charge in [-0.15, -0.1) is 0 Å². The maximum absolute atomic E-state index is 9.16. The lowest BCUT2D eigenvalue weighted by Gasteiger charge is -2.20. The van der Waals surface area contributed by atoms with Crippen molar-refractivity contribution in [3.63, 3.8) is 0 Å². The number of imidazole rings is 1. The maximum Gasteiger partial charge on any atom is 0.139 e. The van der Waals surface area contributed by atoms with Crippen molar-refractivity contribution in [2.24, 2.45) is 0 Å². The first-order chi connectivity index (χ1) is 9.26. The molecular weight excluding hydrogens is 238 g/mol. The number of nitrogens with zero attached hydrogens (tertiary/aromatic N) is 3. The van der Waals surface area contributed by atoms with Gasteiger partial charge in [0, 0.05) is 19.3 Å². The summed E-state index contributed by atoms with van der Waals surface area (Å²) >= 11 is 0. The summed E-state index contributed by atoms with van der Waals surface area (Å²) < 4.78 is 2.14. The molecule has 0 aliphatic heterocycles. The first kappa shape index (κ1) is 14.0. The summed E-state index contributed by atoms with van der Waals surface area (Å²) in [4.78, 5) is 6.77. The van der Waals surface area contributed by atoms with E-state index >= 15 is 0 Å². The van der Waals surface area contributed by atoms with E-state index in [2.05, 4.69) is 46.5 Å². The molecule has 4 nitrogen and oxygen atoms in total. The normalized spacial score (nSPS) is 11.6. The lowest BCUT2D eigenvalue weighted by Crippen LogP contribution is -2.28. The highest BCUT2D eigenvalue weighted by atomic mass is 16.3. The number of unbranched alkanes of at least 4 members (excludes halogenated alkanes) is 1. The van der Waals surface area contributed by atoms with Gasteiger partial charge in [-0.3, -0.25) is 4.90 Å². The molecular formula is C15H23N3O. The third-order valence-electron chi connectivity index (χ3n) is 3.44. The zero-order chi connectivity index (χ0) is 13.7. The molecule has 19 heavy (non-hydrogen) atoms. The van der Waals surface area contributed by atoms with Crippen LogP contribution in [-0.2, 0) is 6.54 Å². The van der Waals surface area contributed by atoms with Gasteiger partial charge in [0.15, 0.2) is 0 Å². The van der Waals surface area contributed by atoms with Gasteiger partial charge in [-0.25, -0.2) is 4.98 Å². The van der Waals surface area contributed by atoms with Gasteiger partial charge in [0.25, 0.3) is 0 Å². The molecule has 2 aromatic rings. The van der Waals surface area contributed by atoms with Gasteiger partial charge in [0.05, 0.1) is 18.5 Å². The van der Waals surface area contributed by atoms with Gasteiger partial charge in [-0.2, -0.15) is 0 Å². The molecule has 0 aliphatic rings. The lowest BCUT2D eigenvalue weighted by molar-refractivity contribution is 0.186. The molecule has 2 aromatic heterocycles. The number of hydrogen-bond acceptors (Lipinski definition) is 3. The average Bonchev–Trinajstić information content (AvgIpc) is 2.81. The SMILES string of the molecule is CCCCN(CCO)Cc1cnc2c(C)cccn12. The molecule has 0 fully saturated rings. The topological polar surface area (TPSA) is 40.8 Å². The minimum absolute atomic E-state index is 0.208. The fourth-order valence-corrected chi connectivity index (χ4v) is 2.34. The third kappa shape index (κ3) is 3.33. The van der Waals surface area contributed by atoms with E-state index in [9.17, 15) is 0 Å². The summed E-state index contributed by atoms with van der Waals surface area (Å²) in [6.07, 6.45) is 6.34. The van der Waals surface area contributed by atoms with E-state index in [0.717, 1.165) is 31.7 Å². The Morgan fingerprint density at radius 1 is 1.37 bits per heavy atom. The summed E-state index contributed by atoms with van der Waals surface area (Å²) in [6.45, 7) is 7.06. The van der Waals surface area contributed by atoms with Crippen LogP contribution in [0, 0.1) is 6.92 Å². The van der Waals surface area contributed by atoms with Gasteiger partial charge >= 0.3 is 0 Å². The maximum atomic E-state index is 9.16. The number of aliphatic hydroxyl groups is 1. The van der Waals surface area contributed by atoms with Crippen LogP contribution in [0.4, 0.5) is 0 Å². The van der Waals surface area contributed by atoms with Crippen LogP contribution < -0.4 is 0 Å². The molecule has 0 aliphatic carbocycles. The zero-order valence-corrected chi connectivity index (χ0v) is 11.8. The molecule has 0 saturated carbocycles. The van der Waals surface area contributed by atoms with Crippen LogP contribution in [0.5, 0.6) is 0 Å². The van der Waals surface area contributed by atoms with Gasteiger partial charge in [-0.1, -0.05) is 19.4 Å². The summed E-state index contributed by atoms with van der Waals surface area (Å²) in [7, 11) is 0. The van der Waals surface area contributed by atoms with Crippen molar-refractivity contribution in [2.45, 2.75) is 33.2 Å². The summed E-state index contributed by atoms with van der Waals surface area (Å²) in [5.41, 5.74) is 3.40. The minimum Gasteiger partial charge on any atom is -0.395 e. The number of rotatable bonds is 7. The van der Waals surface area contributed by atoms with Crippen LogP contribution in [0.15, 0.2) is 24.5 Å². The Balaban J connectivity index is 2.16. The molecule has 0 saturated heterocycles. The Morgan fingerprint density at radius 3 is 2.95 bits per heavy atom. The van der Waals surface area contributed by atoms with E-state index < -0.39 is 0 Å². The summed E-state index contributed by atoms with van der Waals surface area (Å²) in [6, 6.07) is 4.13. The van der Waals surface area contributed by atoms with Crippen LogP contribution >= 0.6 is 0 Å². The Morgan fingerprint density at radius 2 is 2.21 bits per heavy atom. The second kappa shape index (κ2) is 6.68. The Bertz CT molecular complexity index is 521.